The number of methoxy groups -OCH3 is 1. The first kappa shape index (κ1) is 18.0. The van der Waals surface area contributed by atoms with Gasteiger partial charge in [0, 0.05) is 12.1 Å². The van der Waals surface area contributed by atoms with Crippen LogP contribution in [0.15, 0.2) is 48.5 Å². The minimum Gasteiger partial charge on any atom is -0.494 e. The second-order valence-corrected chi connectivity index (χ2v) is 4.97. The van der Waals surface area contributed by atoms with E-state index in [1.165, 1.54) is 31.4 Å². The van der Waals surface area contributed by atoms with Crippen molar-refractivity contribution >= 4 is 23.4 Å². The average Bonchev–Trinajstić information content (AvgIpc) is 2.61. The van der Waals surface area contributed by atoms with Crippen LogP contribution < -0.4 is 14.8 Å². The highest BCUT2D eigenvalue weighted by Gasteiger charge is 2.12. The summed E-state index contributed by atoms with van der Waals surface area (Å²) in [7, 11) is 1.38. The molecular formula is C18H18N2O5. The Hall–Kier alpha value is -3.35. The molecule has 0 spiro atoms. The van der Waals surface area contributed by atoms with E-state index in [1.807, 2.05) is 31.2 Å². The second kappa shape index (κ2) is 8.49. The summed E-state index contributed by atoms with van der Waals surface area (Å²) in [5, 5.41) is 13.4. The lowest BCUT2D eigenvalue weighted by Gasteiger charge is -2.08. The molecule has 1 amide bonds. The van der Waals surface area contributed by atoms with E-state index < -0.39 is 4.92 Å². The van der Waals surface area contributed by atoms with Gasteiger partial charge in [-0.25, -0.2) is 0 Å². The summed E-state index contributed by atoms with van der Waals surface area (Å²) >= 11 is 0. The number of ether oxygens (including phenoxy) is 2. The van der Waals surface area contributed by atoms with Crippen molar-refractivity contribution in [2.45, 2.75) is 6.92 Å². The average molecular weight is 342 g/mol. The molecule has 0 aliphatic rings. The topological polar surface area (TPSA) is 90.7 Å². The minimum absolute atomic E-state index is 0.111. The number of non-ortho nitro benzene ring substituents is 1. The summed E-state index contributed by atoms with van der Waals surface area (Å²) < 4.78 is 10.4. The van der Waals surface area contributed by atoms with E-state index in [1.54, 1.807) is 6.08 Å². The molecule has 0 bridgehead atoms. The lowest BCUT2D eigenvalue weighted by Crippen LogP contribution is -2.09. The fourth-order valence-electron chi connectivity index (χ4n) is 2.08. The van der Waals surface area contributed by atoms with Gasteiger partial charge in [-0.2, -0.15) is 0 Å². The number of benzene rings is 2. The zero-order valence-corrected chi connectivity index (χ0v) is 13.9. The SMILES string of the molecule is CCOc1ccc(/C=C/C(=O)Nc2ccc([N+](=O)[O-])cc2OC)cc1. The van der Waals surface area contributed by atoms with Crippen molar-refractivity contribution in [1.29, 1.82) is 0 Å². The number of hydrogen-bond acceptors (Lipinski definition) is 5. The molecule has 2 aromatic rings. The highest BCUT2D eigenvalue weighted by molar-refractivity contribution is 6.02. The van der Waals surface area contributed by atoms with Crippen LogP contribution in [0.1, 0.15) is 12.5 Å². The van der Waals surface area contributed by atoms with Crippen LogP contribution in [0.5, 0.6) is 11.5 Å². The van der Waals surface area contributed by atoms with Crippen molar-refractivity contribution in [3.8, 4) is 11.5 Å². The molecule has 0 aliphatic carbocycles. The monoisotopic (exact) mass is 342 g/mol. The van der Waals surface area contributed by atoms with Crippen LogP contribution >= 0.6 is 0 Å². The first-order valence-electron chi connectivity index (χ1n) is 7.58. The Bertz CT molecular complexity index is 785. The van der Waals surface area contributed by atoms with E-state index in [0.29, 0.717) is 12.3 Å². The Labute approximate surface area is 145 Å². The molecule has 0 heterocycles. The van der Waals surface area contributed by atoms with Crippen molar-refractivity contribution < 1.29 is 19.2 Å². The molecule has 2 rings (SSSR count). The molecule has 7 nitrogen and oxygen atoms in total. The number of carbonyl (C=O) groups is 1. The van der Waals surface area contributed by atoms with E-state index >= 15 is 0 Å². The number of nitrogens with zero attached hydrogens (tertiary/aromatic N) is 1. The predicted molar refractivity (Wildman–Crippen MR) is 94.9 cm³/mol. The number of anilines is 1. The van der Waals surface area contributed by atoms with Crippen molar-refractivity contribution in [2.75, 3.05) is 19.0 Å². The molecule has 0 atom stereocenters. The summed E-state index contributed by atoms with van der Waals surface area (Å²) in [4.78, 5) is 22.3. The largest absolute Gasteiger partial charge is 0.494 e. The Morgan fingerprint density at radius 3 is 2.56 bits per heavy atom. The summed E-state index contributed by atoms with van der Waals surface area (Å²) in [6, 6.07) is 11.3. The Morgan fingerprint density at radius 1 is 1.24 bits per heavy atom. The maximum atomic E-state index is 12.0. The predicted octanol–water partition coefficient (Wildman–Crippen LogP) is 3.65. The van der Waals surface area contributed by atoms with Gasteiger partial charge >= 0.3 is 0 Å². The maximum Gasteiger partial charge on any atom is 0.273 e. The molecule has 0 aliphatic heterocycles. The van der Waals surface area contributed by atoms with E-state index in [9.17, 15) is 14.9 Å². The molecule has 0 fully saturated rings. The Kier molecular flexibility index (Phi) is 6.11. The molecule has 130 valence electrons. The highest BCUT2D eigenvalue weighted by Crippen LogP contribution is 2.29. The summed E-state index contributed by atoms with van der Waals surface area (Å²) in [5.74, 6) is 0.609. The zero-order chi connectivity index (χ0) is 18.2. The first-order chi connectivity index (χ1) is 12.0. The third-order valence-electron chi connectivity index (χ3n) is 3.27. The van der Waals surface area contributed by atoms with Crippen molar-refractivity contribution in [3.63, 3.8) is 0 Å². The molecule has 0 radical (unpaired) electrons. The quantitative estimate of drug-likeness (QED) is 0.471. The maximum absolute atomic E-state index is 12.0. The molecule has 2 aromatic carbocycles. The molecule has 25 heavy (non-hydrogen) atoms. The van der Waals surface area contributed by atoms with Crippen LogP contribution in [-0.4, -0.2) is 24.5 Å². The summed E-state index contributed by atoms with van der Waals surface area (Å²) in [6.45, 7) is 2.50. The number of nitro benzene ring substituents is 1. The van der Waals surface area contributed by atoms with Gasteiger partial charge in [-0.3, -0.25) is 14.9 Å². The van der Waals surface area contributed by atoms with Crippen LogP contribution in [0.2, 0.25) is 0 Å². The van der Waals surface area contributed by atoms with Gasteiger partial charge in [-0.15, -0.1) is 0 Å². The van der Waals surface area contributed by atoms with Gasteiger partial charge in [0.15, 0.2) is 0 Å². The smallest absolute Gasteiger partial charge is 0.273 e. The van der Waals surface area contributed by atoms with E-state index in [2.05, 4.69) is 5.32 Å². The summed E-state index contributed by atoms with van der Waals surface area (Å²) in [6.07, 6.45) is 3.03. The zero-order valence-electron chi connectivity index (χ0n) is 13.9. The normalized spacial score (nSPS) is 10.5. The summed E-state index contributed by atoms with van der Waals surface area (Å²) in [5.41, 5.74) is 1.09. The van der Waals surface area contributed by atoms with E-state index in [4.69, 9.17) is 9.47 Å². The third kappa shape index (κ3) is 5.07. The van der Waals surface area contributed by atoms with Gasteiger partial charge in [0.2, 0.25) is 5.91 Å². The van der Waals surface area contributed by atoms with Crippen molar-refractivity contribution in [1.82, 2.24) is 0 Å². The van der Waals surface area contributed by atoms with E-state index in [0.717, 1.165) is 11.3 Å². The molecular weight excluding hydrogens is 324 g/mol. The molecule has 0 saturated carbocycles. The standard InChI is InChI=1S/C18H18N2O5/c1-3-25-15-8-4-13(5-9-15)6-11-18(21)19-16-10-7-14(20(22)23)12-17(16)24-2/h4-12H,3H2,1-2H3,(H,19,21)/b11-6+. The number of hydrogen-bond donors (Lipinski definition) is 1. The highest BCUT2D eigenvalue weighted by atomic mass is 16.6. The van der Waals surface area contributed by atoms with Gasteiger partial charge in [0.05, 0.1) is 30.4 Å². The molecule has 0 unspecified atom stereocenters. The Balaban J connectivity index is 2.05. The number of carbonyl (C=O) groups excluding carboxylic acids is 1. The lowest BCUT2D eigenvalue weighted by molar-refractivity contribution is -0.384. The molecule has 0 aromatic heterocycles. The molecule has 0 saturated heterocycles. The fourth-order valence-corrected chi connectivity index (χ4v) is 2.08. The van der Waals surface area contributed by atoms with E-state index in [-0.39, 0.29) is 17.3 Å². The third-order valence-corrected chi connectivity index (χ3v) is 3.27. The van der Waals surface area contributed by atoms with Gasteiger partial charge < -0.3 is 14.8 Å². The van der Waals surface area contributed by atoms with Crippen LogP contribution in [0, 0.1) is 10.1 Å². The molecule has 7 heteroatoms. The number of amides is 1. The van der Waals surface area contributed by atoms with Crippen molar-refractivity contribution in [3.05, 3.63) is 64.2 Å². The van der Waals surface area contributed by atoms with Gasteiger partial charge in [0.25, 0.3) is 5.69 Å². The molecule has 1 N–H and O–H groups in total. The van der Waals surface area contributed by atoms with Gasteiger partial charge in [-0.05, 0) is 36.8 Å². The minimum atomic E-state index is -0.528. The number of nitrogens with one attached hydrogen (secondary N) is 1. The lowest BCUT2D eigenvalue weighted by atomic mass is 10.2. The van der Waals surface area contributed by atoms with Gasteiger partial charge in [-0.1, -0.05) is 12.1 Å². The van der Waals surface area contributed by atoms with Gasteiger partial charge in [0.1, 0.15) is 11.5 Å². The van der Waals surface area contributed by atoms with Crippen LogP contribution in [-0.2, 0) is 4.79 Å². The second-order valence-electron chi connectivity index (χ2n) is 4.97. The van der Waals surface area contributed by atoms with Crippen LogP contribution in [0.4, 0.5) is 11.4 Å². The number of nitro groups is 1. The van der Waals surface area contributed by atoms with Crippen LogP contribution in [0.3, 0.4) is 0 Å². The number of rotatable bonds is 7. The van der Waals surface area contributed by atoms with Crippen molar-refractivity contribution in [2.24, 2.45) is 0 Å². The fraction of sp³-hybridized carbons (Fsp3) is 0.167. The first-order valence-corrected chi connectivity index (χ1v) is 7.58. The van der Waals surface area contributed by atoms with Crippen LogP contribution in [0.25, 0.3) is 6.08 Å². The Morgan fingerprint density at radius 2 is 1.96 bits per heavy atom.